The maximum Gasteiger partial charge on any atom is 0.152 e. The highest BCUT2D eigenvalue weighted by Gasteiger charge is 2.38. The molecule has 1 heterocycles. The smallest absolute Gasteiger partial charge is 0.152 e. The first-order valence-electron chi connectivity index (χ1n) is 7.21. The van der Waals surface area contributed by atoms with Gasteiger partial charge >= 0.3 is 0 Å². The molecule has 0 radical (unpaired) electrons. The highest BCUT2D eigenvalue weighted by molar-refractivity contribution is 6.34. The Hall–Kier alpha value is -1.03. The van der Waals surface area contributed by atoms with Gasteiger partial charge in [0.05, 0.1) is 17.2 Å². The number of ether oxygens (including phenoxy) is 1. The third-order valence-electron chi connectivity index (χ3n) is 3.91. The normalized spacial score (nSPS) is 18.4. The van der Waals surface area contributed by atoms with Crippen molar-refractivity contribution in [2.45, 2.75) is 31.9 Å². The predicted octanol–water partition coefficient (Wildman–Crippen LogP) is 4.16. The number of para-hydroxylation sites is 1. The first kappa shape index (κ1) is 13.9. The van der Waals surface area contributed by atoms with Gasteiger partial charge in [0.1, 0.15) is 5.76 Å². The second-order valence-electron chi connectivity index (χ2n) is 5.33. The number of hydrogen-bond donors (Lipinski definition) is 1. The molecule has 108 valence electrons. The minimum absolute atomic E-state index is 0.0749. The Morgan fingerprint density at radius 2 is 2.25 bits per heavy atom. The Labute approximate surface area is 124 Å². The second-order valence-corrected chi connectivity index (χ2v) is 5.74. The van der Waals surface area contributed by atoms with Crippen LogP contribution in [0.1, 0.15) is 31.6 Å². The summed E-state index contributed by atoms with van der Waals surface area (Å²) < 4.78 is 11.9. The Balaban J connectivity index is 1.95. The Morgan fingerprint density at radius 1 is 1.45 bits per heavy atom. The molecule has 0 aliphatic heterocycles. The molecular weight excluding hydrogens is 274 g/mol. The maximum atomic E-state index is 6.19. The van der Waals surface area contributed by atoms with Crippen LogP contribution in [0.2, 0.25) is 5.02 Å². The van der Waals surface area contributed by atoms with Crippen molar-refractivity contribution in [3.05, 3.63) is 35.0 Å². The van der Waals surface area contributed by atoms with E-state index in [0.29, 0.717) is 10.9 Å². The lowest BCUT2D eigenvalue weighted by Gasteiger charge is -2.25. The summed E-state index contributed by atoms with van der Waals surface area (Å²) in [7, 11) is 1.95. The zero-order valence-corrected chi connectivity index (χ0v) is 12.6. The summed E-state index contributed by atoms with van der Waals surface area (Å²) in [6.45, 7) is 2.76. The van der Waals surface area contributed by atoms with Crippen molar-refractivity contribution in [2.75, 3.05) is 13.7 Å². The van der Waals surface area contributed by atoms with Gasteiger partial charge in [-0.25, -0.2) is 0 Å². The quantitative estimate of drug-likeness (QED) is 0.868. The molecule has 3 rings (SSSR count). The SMILES string of the molecule is CCOC(C1CC1)C(NC)c1cc2cccc(Cl)c2o1. The van der Waals surface area contributed by atoms with Gasteiger partial charge in [0.15, 0.2) is 5.58 Å². The minimum Gasteiger partial charge on any atom is -0.458 e. The van der Waals surface area contributed by atoms with Crippen molar-refractivity contribution < 1.29 is 9.15 Å². The molecular formula is C16H20ClNO2. The summed E-state index contributed by atoms with van der Waals surface area (Å²) in [5.41, 5.74) is 0.760. The van der Waals surface area contributed by atoms with E-state index in [1.54, 1.807) is 0 Å². The van der Waals surface area contributed by atoms with Crippen molar-refractivity contribution in [3.63, 3.8) is 0 Å². The standard InChI is InChI=1S/C16H20ClNO2/c1-3-19-16(10-7-8-10)14(18-2)13-9-11-5-4-6-12(17)15(11)20-13/h4-6,9-10,14,16,18H,3,7-8H2,1-2H3. The fourth-order valence-corrected chi connectivity index (χ4v) is 3.01. The van der Waals surface area contributed by atoms with E-state index >= 15 is 0 Å². The van der Waals surface area contributed by atoms with Gasteiger partial charge in [-0.1, -0.05) is 23.7 Å². The summed E-state index contributed by atoms with van der Waals surface area (Å²) in [6.07, 6.45) is 2.65. The summed E-state index contributed by atoms with van der Waals surface area (Å²) in [4.78, 5) is 0. The third-order valence-corrected chi connectivity index (χ3v) is 4.20. The van der Waals surface area contributed by atoms with Gasteiger partial charge in [-0.05, 0) is 44.9 Å². The summed E-state index contributed by atoms with van der Waals surface area (Å²) in [6, 6.07) is 7.96. The van der Waals surface area contributed by atoms with E-state index in [1.165, 1.54) is 12.8 Å². The molecule has 3 nitrogen and oxygen atoms in total. The number of furan rings is 1. The molecule has 1 aliphatic rings. The zero-order valence-electron chi connectivity index (χ0n) is 11.9. The van der Waals surface area contributed by atoms with Crippen LogP contribution in [0.5, 0.6) is 0 Å². The molecule has 20 heavy (non-hydrogen) atoms. The molecule has 0 amide bonds. The van der Waals surface area contributed by atoms with E-state index in [-0.39, 0.29) is 12.1 Å². The minimum atomic E-state index is 0.0749. The van der Waals surface area contributed by atoms with Crippen LogP contribution in [0.15, 0.2) is 28.7 Å². The highest BCUT2D eigenvalue weighted by Crippen LogP contribution is 2.41. The molecule has 0 saturated heterocycles. The van der Waals surface area contributed by atoms with E-state index in [2.05, 4.69) is 11.4 Å². The maximum absolute atomic E-state index is 6.19. The molecule has 4 heteroatoms. The van der Waals surface area contributed by atoms with E-state index < -0.39 is 0 Å². The van der Waals surface area contributed by atoms with Gasteiger partial charge in [-0.2, -0.15) is 0 Å². The molecule has 2 atom stereocenters. The Kier molecular flexibility index (Phi) is 4.01. The molecule has 2 unspecified atom stereocenters. The third kappa shape index (κ3) is 2.58. The second kappa shape index (κ2) is 5.76. The summed E-state index contributed by atoms with van der Waals surface area (Å²) in [5.74, 6) is 1.54. The van der Waals surface area contributed by atoms with Crippen molar-refractivity contribution in [3.8, 4) is 0 Å². The van der Waals surface area contributed by atoms with Crippen molar-refractivity contribution >= 4 is 22.6 Å². The van der Waals surface area contributed by atoms with Crippen LogP contribution >= 0.6 is 11.6 Å². The van der Waals surface area contributed by atoms with Gasteiger partial charge in [-0.15, -0.1) is 0 Å². The summed E-state index contributed by atoms with van der Waals surface area (Å²) >= 11 is 6.19. The molecule has 0 bridgehead atoms. The molecule has 2 aromatic rings. The van der Waals surface area contributed by atoms with Crippen LogP contribution in [0.25, 0.3) is 11.0 Å². The Morgan fingerprint density at radius 3 is 2.85 bits per heavy atom. The first-order valence-corrected chi connectivity index (χ1v) is 7.59. The highest BCUT2D eigenvalue weighted by atomic mass is 35.5. The van der Waals surface area contributed by atoms with Crippen LogP contribution in [0.4, 0.5) is 0 Å². The molecule has 1 N–H and O–H groups in total. The van der Waals surface area contributed by atoms with E-state index in [4.69, 9.17) is 20.8 Å². The van der Waals surface area contributed by atoms with Crippen LogP contribution in [-0.4, -0.2) is 19.8 Å². The van der Waals surface area contributed by atoms with E-state index in [0.717, 1.165) is 23.3 Å². The number of halogens is 1. The van der Waals surface area contributed by atoms with Crippen molar-refractivity contribution in [2.24, 2.45) is 5.92 Å². The largest absolute Gasteiger partial charge is 0.458 e. The van der Waals surface area contributed by atoms with E-state index in [1.807, 2.05) is 32.2 Å². The van der Waals surface area contributed by atoms with Crippen LogP contribution < -0.4 is 5.32 Å². The number of nitrogens with one attached hydrogen (secondary N) is 1. The average molecular weight is 294 g/mol. The van der Waals surface area contributed by atoms with Crippen molar-refractivity contribution in [1.82, 2.24) is 5.32 Å². The fraction of sp³-hybridized carbons (Fsp3) is 0.500. The molecule has 1 saturated carbocycles. The molecule has 1 aromatic heterocycles. The Bertz CT molecular complexity index is 591. The zero-order chi connectivity index (χ0) is 14.1. The van der Waals surface area contributed by atoms with Gasteiger partial charge in [-0.3, -0.25) is 0 Å². The number of benzene rings is 1. The average Bonchev–Trinajstić information content (AvgIpc) is 3.19. The lowest BCUT2D eigenvalue weighted by molar-refractivity contribution is 0.0156. The number of fused-ring (bicyclic) bond motifs is 1. The predicted molar refractivity (Wildman–Crippen MR) is 81.2 cm³/mol. The monoisotopic (exact) mass is 293 g/mol. The van der Waals surface area contributed by atoms with Gasteiger partial charge in [0, 0.05) is 12.0 Å². The van der Waals surface area contributed by atoms with Crippen LogP contribution in [0.3, 0.4) is 0 Å². The van der Waals surface area contributed by atoms with Crippen molar-refractivity contribution in [1.29, 1.82) is 0 Å². The van der Waals surface area contributed by atoms with Gasteiger partial charge in [0.2, 0.25) is 0 Å². The number of likely N-dealkylation sites (N-methyl/N-ethyl adjacent to an activating group) is 1. The van der Waals surface area contributed by atoms with Crippen LogP contribution in [0, 0.1) is 5.92 Å². The molecule has 0 spiro atoms. The topological polar surface area (TPSA) is 34.4 Å². The van der Waals surface area contributed by atoms with Crippen LogP contribution in [-0.2, 0) is 4.74 Å². The van der Waals surface area contributed by atoms with Gasteiger partial charge in [0.25, 0.3) is 0 Å². The summed E-state index contributed by atoms with van der Waals surface area (Å²) in [5, 5.41) is 5.04. The molecule has 1 aliphatic carbocycles. The first-order chi connectivity index (χ1) is 9.74. The van der Waals surface area contributed by atoms with E-state index in [9.17, 15) is 0 Å². The molecule has 1 aromatic carbocycles. The molecule has 1 fully saturated rings. The van der Waals surface area contributed by atoms with Gasteiger partial charge < -0.3 is 14.5 Å². The number of hydrogen-bond acceptors (Lipinski definition) is 3. The lowest BCUT2D eigenvalue weighted by Crippen LogP contribution is -2.33. The number of rotatable bonds is 6. The fourth-order valence-electron chi connectivity index (χ4n) is 2.79. The lowest BCUT2D eigenvalue weighted by atomic mass is 10.0.